The summed E-state index contributed by atoms with van der Waals surface area (Å²) in [5.74, 6) is 0. The Morgan fingerprint density at radius 1 is 0.966 bits per heavy atom. The van der Waals surface area contributed by atoms with E-state index in [2.05, 4.69) is 10.6 Å². The molecule has 0 amide bonds. The molecular weight excluding hydrogens is 387 g/mol. The van der Waals surface area contributed by atoms with E-state index in [1.807, 2.05) is 37.3 Å². The minimum atomic E-state index is -4.57. The Morgan fingerprint density at radius 3 is 2.24 bits per heavy atom. The fourth-order valence-corrected chi connectivity index (χ4v) is 3.01. The smallest absolute Gasteiger partial charge is 0.373 e. The molecule has 2 N–H and O–H groups in total. The minimum absolute atomic E-state index is 0.0105. The van der Waals surface area contributed by atoms with Crippen molar-refractivity contribution >= 4 is 17.1 Å². The van der Waals surface area contributed by atoms with Crippen LogP contribution in [-0.2, 0) is 6.54 Å². The van der Waals surface area contributed by atoms with E-state index in [4.69, 9.17) is 0 Å². The number of benzene rings is 1. The van der Waals surface area contributed by atoms with Gasteiger partial charge in [0.25, 0.3) is 16.4 Å². The number of alkyl halides is 3. The topological polar surface area (TPSA) is 80.2 Å². The molecule has 2 aromatic carbocycles. The highest BCUT2D eigenvalue weighted by molar-refractivity contribution is 5.78. The molecule has 0 radical (unpaired) electrons. The van der Waals surface area contributed by atoms with Crippen LogP contribution in [0.15, 0.2) is 63.0 Å². The molecule has 6 nitrogen and oxygen atoms in total. The third-order valence-corrected chi connectivity index (χ3v) is 4.47. The summed E-state index contributed by atoms with van der Waals surface area (Å²) in [4.78, 5) is 36.3. The van der Waals surface area contributed by atoms with Gasteiger partial charge in [0.2, 0.25) is 0 Å². The minimum Gasteiger partial charge on any atom is -0.373 e. The molecule has 0 aliphatic heterocycles. The van der Waals surface area contributed by atoms with Gasteiger partial charge < -0.3 is 15.2 Å². The first-order valence-electron chi connectivity index (χ1n) is 8.89. The molecule has 0 saturated carbocycles. The van der Waals surface area contributed by atoms with Gasteiger partial charge in [-0.3, -0.25) is 14.4 Å². The zero-order chi connectivity index (χ0) is 21.2. The van der Waals surface area contributed by atoms with E-state index < -0.39 is 29.1 Å². The number of hydrogen-bond acceptors (Lipinski definition) is 5. The van der Waals surface area contributed by atoms with Gasteiger partial charge in [-0.1, -0.05) is 37.3 Å². The lowest BCUT2D eigenvalue weighted by atomic mass is 10.0. The largest absolute Gasteiger partial charge is 0.406 e. The molecule has 0 spiro atoms. The van der Waals surface area contributed by atoms with Crippen LogP contribution in [0.25, 0.3) is 0 Å². The predicted molar refractivity (Wildman–Crippen MR) is 104 cm³/mol. The van der Waals surface area contributed by atoms with Gasteiger partial charge in [-0.25, -0.2) is 0 Å². The molecule has 0 saturated heterocycles. The summed E-state index contributed by atoms with van der Waals surface area (Å²) >= 11 is 0. The van der Waals surface area contributed by atoms with Gasteiger partial charge in [-0.2, -0.15) is 13.2 Å². The molecule has 3 rings (SSSR count). The van der Waals surface area contributed by atoms with E-state index >= 15 is 0 Å². The molecule has 0 aliphatic rings. The lowest BCUT2D eigenvalue weighted by Gasteiger charge is -2.22. The quantitative estimate of drug-likeness (QED) is 0.590. The summed E-state index contributed by atoms with van der Waals surface area (Å²) in [6.45, 7) is 0.445. The highest BCUT2D eigenvalue weighted by atomic mass is 19.4. The third-order valence-electron chi connectivity index (χ3n) is 4.47. The summed E-state index contributed by atoms with van der Waals surface area (Å²) in [6.07, 6.45) is -2.95. The zero-order valence-corrected chi connectivity index (χ0v) is 15.4. The van der Waals surface area contributed by atoms with Gasteiger partial charge >= 0.3 is 6.18 Å². The summed E-state index contributed by atoms with van der Waals surface area (Å²) in [7, 11) is 0. The lowest BCUT2D eigenvalue weighted by Crippen LogP contribution is -2.38. The highest BCUT2D eigenvalue weighted by Crippen LogP contribution is 2.26. The van der Waals surface area contributed by atoms with Crippen LogP contribution >= 0.6 is 0 Å². The van der Waals surface area contributed by atoms with Crippen LogP contribution in [-0.4, -0.2) is 10.7 Å². The van der Waals surface area contributed by atoms with Gasteiger partial charge in [0.05, 0.1) is 6.04 Å². The molecule has 0 unspecified atom stereocenters. The number of halogens is 3. The second-order valence-electron chi connectivity index (χ2n) is 6.52. The average Bonchev–Trinajstić information content (AvgIpc) is 2.69. The van der Waals surface area contributed by atoms with Gasteiger partial charge in [-0.15, -0.1) is 0 Å². The maximum absolute atomic E-state index is 12.6. The molecule has 0 aliphatic carbocycles. The molecule has 0 bridgehead atoms. The van der Waals surface area contributed by atoms with E-state index in [1.165, 1.54) is 12.1 Å². The summed E-state index contributed by atoms with van der Waals surface area (Å²) in [6, 6.07) is 11.5. The molecule has 29 heavy (non-hydrogen) atoms. The van der Waals surface area contributed by atoms with Crippen LogP contribution in [0.1, 0.15) is 24.9 Å². The Morgan fingerprint density at radius 2 is 1.62 bits per heavy atom. The number of nitrogens with one attached hydrogen (secondary N) is 2. The standard InChI is InChI=1S/C20H18F3N3O3/c1-2-13(12-7-4-3-5-8-12)24-15-16(18(28)17(15)27)25-14-9-6-10-26(19(14)29)11-20(21,22)23/h3-10,13,24-25H,2,11H2,1H3/t13-/m1/s1. The van der Waals surface area contributed by atoms with Crippen molar-refractivity contribution in [3.05, 3.63) is 85.0 Å². The van der Waals surface area contributed by atoms with Crippen LogP contribution in [0.3, 0.4) is 0 Å². The number of hydrogen-bond donors (Lipinski definition) is 2. The monoisotopic (exact) mass is 405 g/mol. The summed E-state index contributed by atoms with van der Waals surface area (Å²) in [5, 5.41) is 5.53. The number of anilines is 3. The highest BCUT2D eigenvalue weighted by Gasteiger charge is 2.29. The summed E-state index contributed by atoms with van der Waals surface area (Å²) in [5.41, 5.74) is -1.96. The number of pyridine rings is 1. The van der Waals surface area contributed by atoms with E-state index in [-0.39, 0.29) is 23.1 Å². The lowest BCUT2D eigenvalue weighted by molar-refractivity contribution is -0.141. The molecule has 1 atom stereocenters. The molecule has 1 aromatic heterocycles. The van der Waals surface area contributed by atoms with Crippen molar-refractivity contribution in [2.75, 3.05) is 10.6 Å². The second-order valence-corrected chi connectivity index (χ2v) is 6.52. The first kappa shape index (κ1) is 20.4. The van der Waals surface area contributed by atoms with Crippen molar-refractivity contribution in [3.8, 4) is 0 Å². The van der Waals surface area contributed by atoms with Gasteiger partial charge in [0.1, 0.15) is 23.6 Å². The van der Waals surface area contributed by atoms with Crippen molar-refractivity contribution in [1.29, 1.82) is 0 Å². The van der Waals surface area contributed by atoms with Crippen molar-refractivity contribution in [2.45, 2.75) is 32.1 Å². The zero-order valence-electron chi connectivity index (χ0n) is 15.4. The Balaban J connectivity index is 1.88. The van der Waals surface area contributed by atoms with Crippen molar-refractivity contribution in [1.82, 2.24) is 4.57 Å². The normalized spacial score (nSPS) is 12.7. The van der Waals surface area contributed by atoms with Crippen LogP contribution in [0.5, 0.6) is 0 Å². The van der Waals surface area contributed by atoms with Gasteiger partial charge in [0, 0.05) is 6.20 Å². The van der Waals surface area contributed by atoms with E-state index in [0.29, 0.717) is 11.0 Å². The van der Waals surface area contributed by atoms with Crippen LogP contribution in [0.2, 0.25) is 0 Å². The Hall–Kier alpha value is -3.36. The van der Waals surface area contributed by atoms with Gasteiger partial charge in [0.15, 0.2) is 0 Å². The fraction of sp³-hybridized carbons (Fsp3) is 0.250. The molecule has 152 valence electrons. The first-order chi connectivity index (χ1) is 13.7. The van der Waals surface area contributed by atoms with Crippen molar-refractivity contribution in [3.63, 3.8) is 0 Å². The second kappa shape index (κ2) is 7.94. The molecule has 1 heterocycles. The third kappa shape index (κ3) is 4.39. The van der Waals surface area contributed by atoms with E-state index in [0.717, 1.165) is 11.8 Å². The van der Waals surface area contributed by atoms with Crippen LogP contribution in [0, 0.1) is 0 Å². The molecule has 9 heteroatoms. The SMILES string of the molecule is CC[C@@H](Nc1c(Nc2cccn(CC(F)(F)F)c2=O)c(=O)c1=O)c1ccccc1. The van der Waals surface area contributed by atoms with Crippen LogP contribution in [0.4, 0.5) is 30.2 Å². The summed E-state index contributed by atoms with van der Waals surface area (Å²) < 4.78 is 38.3. The molecule has 0 fully saturated rings. The number of aromatic nitrogens is 1. The Labute approximate surface area is 163 Å². The van der Waals surface area contributed by atoms with Gasteiger partial charge in [-0.05, 0) is 24.1 Å². The number of nitrogens with zero attached hydrogens (tertiary/aromatic N) is 1. The average molecular weight is 405 g/mol. The molecule has 3 aromatic rings. The van der Waals surface area contributed by atoms with Crippen LogP contribution < -0.4 is 27.1 Å². The number of rotatable bonds is 7. The Bertz CT molecular complexity index is 1130. The maximum Gasteiger partial charge on any atom is 0.406 e. The first-order valence-corrected chi connectivity index (χ1v) is 8.89. The van der Waals surface area contributed by atoms with Crippen molar-refractivity contribution < 1.29 is 13.2 Å². The van der Waals surface area contributed by atoms with E-state index in [1.54, 1.807) is 0 Å². The Kier molecular flexibility index (Phi) is 5.58. The predicted octanol–water partition coefficient (Wildman–Crippen LogP) is 3.31. The van der Waals surface area contributed by atoms with Crippen molar-refractivity contribution in [2.24, 2.45) is 0 Å². The maximum atomic E-state index is 12.6. The van der Waals surface area contributed by atoms with E-state index in [9.17, 15) is 27.6 Å². The molecular formula is C20H18F3N3O3. The fourth-order valence-electron chi connectivity index (χ4n) is 3.01.